The predicted molar refractivity (Wildman–Crippen MR) is 102 cm³/mol. The number of fused-ring (bicyclic) bond motifs is 1. The number of amides is 1. The fourth-order valence-electron chi connectivity index (χ4n) is 3.14. The molecule has 5 nitrogen and oxygen atoms in total. The highest BCUT2D eigenvalue weighted by Gasteiger charge is 2.22. The molecule has 5 heteroatoms. The van der Waals surface area contributed by atoms with Crippen LogP contribution in [0, 0.1) is 0 Å². The van der Waals surface area contributed by atoms with Crippen molar-refractivity contribution >= 4 is 16.9 Å². The first kappa shape index (κ1) is 18.1. The Balaban J connectivity index is 1.90. The Labute approximate surface area is 153 Å². The molecular weight excluding hydrogens is 326 g/mol. The number of hydrogen-bond donors (Lipinski definition) is 1. The van der Waals surface area contributed by atoms with E-state index in [0.717, 1.165) is 16.6 Å². The Bertz CT molecular complexity index is 885. The van der Waals surface area contributed by atoms with E-state index >= 15 is 0 Å². The van der Waals surface area contributed by atoms with Crippen LogP contribution < -0.4 is 0 Å². The van der Waals surface area contributed by atoms with Gasteiger partial charge in [-0.2, -0.15) is 0 Å². The van der Waals surface area contributed by atoms with Gasteiger partial charge in [-0.3, -0.25) is 4.79 Å². The number of benzene rings is 2. The summed E-state index contributed by atoms with van der Waals surface area (Å²) >= 11 is 0. The summed E-state index contributed by atoms with van der Waals surface area (Å²) < 4.78 is 1.82. The fourth-order valence-corrected chi connectivity index (χ4v) is 3.14. The third-order valence-electron chi connectivity index (χ3n) is 4.49. The second-order valence-corrected chi connectivity index (χ2v) is 6.82. The number of nitrogens with zero attached hydrogens (tertiary/aromatic N) is 3. The number of aliphatic hydroxyl groups excluding tert-OH is 1. The van der Waals surface area contributed by atoms with E-state index in [9.17, 15) is 9.90 Å². The van der Waals surface area contributed by atoms with Crippen LogP contribution in [0.1, 0.15) is 38.3 Å². The first-order valence-electron chi connectivity index (χ1n) is 8.94. The van der Waals surface area contributed by atoms with Crippen molar-refractivity contribution in [2.75, 3.05) is 0 Å². The number of para-hydroxylation sites is 2. The molecule has 0 radical (unpaired) electrons. The number of rotatable bonds is 6. The number of carbonyl (C=O) groups is 1. The first-order valence-corrected chi connectivity index (χ1v) is 8.94. The zero-order chi connectivity index (χ0) is 18.7. The number of carbonyl (C=O) groups excluding carboxylic acids is 1. The molecule has 1 aromatic heterocycles. The molecule has 0 spiro atoms. The summed E-state index contributed by atoms with van der Waals surface area (Å²) in [5.41, 5.74) is 2.75. The molecule has 0 saturated carbocycles. The van der Waals surface area contributed by atoms with Crippen LogP contribution in [0.3, 0.4) is 0 Å². The molecule has 2 aromatic carbocycles. The van der Waals surface area contributed by atoms with E-state index in [-0.39, 0.29) is 18.5 Å². The topological polar surface area (TPSA) is 58.4 Å². The molecule has 136 valence electrons. The van der Waals surface area contributed by atoms with E-state index in [2.05, 4.69) is 4.98 Å². The molecule has 1 unspecified atom stereocenters. The van der Waals surface area contributed by atoms with Crippen molar-refractivity contribution in [3.63, 3.8) is 0 Å². The van der Waals surface area contributed by atoms with Crippen molar-refractivity contribution in [2.24, 2.45) is 0 Å². The number of imidazole rings is 1. The van der Waals surface area contributed by atoms with Crippen molar-refractivity contribution in [1.29, 1.82) is 0 Å². The average molecular weight is 351 g/mol. The highest BCUT2D eigenvalue weighted by molar-refractivity contribution is 5.81. The van der Waals surface area contributed by atoms with Crippen LogP contribution in [0.2, 0.25) is 0 Å². The summed E-state index contributed by atoms with van der Waals surface area (Å²) in [4.78, 5) is 19.4. The van der Waals surface area contributed by atoms with Gasteiger partial charge >= 0.3 is 0 Å². The van der Waals surface area contributed by atoms with Crippen LogP contribution in [0.25, 0.3) is 11.0 Å². The van der Waals surface area contributed by atoms with Crippen LogP contribution in [-0.4, -0.2) is 31.5 Å². The highest BCUT2D eigenvalue weighted by Crippen LogP contribution is 2.21. The standard InChI is InChI=1S/C21H25N3O2/c1-15(2)23(13-17-9-5-4-6-10-17)20(26)14-24-19-12-8-7-11-18(19)22-21(24)16(3)25/h4-12,15-16,25H,13-14H2,1-3H3. The van der Waals surface area contributed by atoms with Gasteiger partial charge < -0.3 is 14.6 Å². The Hall–Kier alpha value is -2.66. The van der Waals surface area contributed by atoms with Crippen molar-refractivity contribution in [3.8, 4) is 0 Å². The molecule has 0 aliphatic carbocycles. The zero-order valence-electron chi connectivity index (χ0n) is 15.5. The van der Waals surface area contributed by atoms with Crippen LogP contribution in [0.15, 0.2) is 54.6 Å². The summed E-state index contributed by atoms with van der Waals surface area (Å²) in [6.07, 6.45) is -0.739. The molecule has 0 aliphatic rings. The predicted octanol–water partition coefficient (Wildman–Crippen LogP) is 3.53. The third kappa shape index (κ3) is 3.78. The Morgan fingerprint density at radius 3 is 2.38 bits per heavy atom. The lowest BCUT2D eigenvalue weighted by molar-refractivity contribution is -0.134. The molecule has 0 fully saturated rings. The van der Waals surface area contributed by atoms with Crippen LogP contribution >= 0.6 is 0 Å². The quantitative estimate of drug-likeness (QED) is 0.739. The van der Waals surface area contributed by atoms with E-state index < -0.39 is 6.10 Å². The van der Waals surface area contributed by atoms with Gasteiger partial charge in [-0.15, -0.1) is 0 Å². The van der Waals surface area contributed by atoms with Gasteiger partial charge in [0, 0.05) is 12.6 Å². The molecule has 3 rings (SSSR count). The Kier molecular flexibility index (Phi) is 5.38. The summed E-state index contributed by atoms with van der Waals surface area (Å²) in [5.74, 6) is 0.525. The maximum absolute atomic E-state index is 13.1. The number of aromatic nitrogens is 2. The molecule has 0 saturated heterocycles. The number of hydrogen-bond acceptors (Lipinski definition) is 3. The van der Waals surface area contributed by atoms with Crippen LogP contribution in [-0.2, 0) is 17.9 Å². The monoisotopic (exact) mass is 351 g/mol. The van der Waals surface area contributed by atoms with Gasteiger partial charge in [0.2, 0.25) is 5.91 Å². The SMILES string of the molecule is CC(O)c1nc2ccccc2n1CC(=O)N(Cc1ccccc1)C(C)C. The molecule has 1 amide bonds. The molecular formula is C21H25N3O2. The molecule has 3 aromatic rings. The van der Waals surface area contributed by atoms with Crippen molar-refractivity contribution in [1.82, 2.24) is 14.5 Å². The maximum Gasteiger partial charge on any atom is 0.243 e. The van der Waals surface area contributed by atoms with Crippen molar-refractivity contribution in [2.45, 2.75) is 46.0 Å². The minimum absolute atomic E-state index is 0.00825. The first-order chi connectivity index (χ1) is 12.5. The van der Waals surface area contributed by atoms with E-state index in [4.69, 9.17) is 0 Å². The second-order valence-electron chi connectivity index (χ2n) is 6.82. The highest BCUT2D eigenvalue weighted by atomic mass is 16.3. The van der Waals surface area contributed by atoms with Crippen LogP contribution in [0.5, 0.6) is 0 Å². The largest absolute Gasteiger partial charge is 0.385 e. The molecule has 1 atom stereocenters. The van der Waals surface area contributed by atoms with E-state index in [1.54, 1.807) is 6.92 Å². The average Bonchev–Trinajstić information content (AvgIpc) is 2.99. The van der Waals surface area contributed by atoms with Gasteiger partial charge in [0.1, 0.15) is 18.5 Å². The summed E-state index contributed by atoms with van der Waals surface area (Å²) in [6, 6.07) is 17.7. The molecule has 1 heterocycles. The maximum atomic E-state index is 13.1. The van der Waals surface area contributed by atoms with Crippen molar-refractivity contribution < 1.29 is 9.90 Å². The molecule has 26 heavy (non-hydrogen) atoms. The minimum Gasteiger partial charge on any atom is -0.385 e. The van der Waals surface area contributed by atoms with Gasteiger partial charge in [-0.1, -0.05) is 42.5 Å². The lowest BCUT2D eigenvalue weighted by Gasteiger charge is -2.27. The van der Waals surface area contributed by atoms with Gasteiger partial charge in [0.05, 0.1) is 11.0 Å². The Morgan fingerprint density at radius 2 is 1.73 bits per heavy atom. The molecule has 0 bridgehead atoms. The van der Waals surface area contributed by atoms with Gasteiger partial charge in [0.25, 0.3) is 0 Å². The molecule has 1 N–H and O–H groups in total. The normalized spacial score (nSPS) is 12.5. The van der Waals surface area contributed by atoms with Crippen LogP contribution in [0.4, 0.5) is 0 Å². The fraction of sp³-hybridized carbons (Fsp3) is 0.333. The minimum atomic E-state index is -0.739. The zero-order valence-corrected chi connectivity index (χ0v) is 15.5. The molecule has 0 aliphatic heterocycles. The van der Waals surface area contributed by atoms with Gasteiger partial charge in [-0.05, 0) is 38.5 Å². The Morgan fingerprint density at radius 1 is 1.08 bits per heavy atom. The third-order valence-corrected chi connectivity index (χ3v) is 4.49. The summed E-state index contributed by atoms with van der Waals surface area (Å²) in [5, 5.41) is 10.1. The summed E-state index contributed by atoms with van der Waals surface area (Å²) in [6.45, 7) is 6.43. The van der Waals surface area contributed by atoms with E-state index in [1.807, 2.05) is 77.9 Å². The lowest BCUT2D eigenvalue weighted by Crippen LogP contribution is -2.38. The van der Waals surface area contributed by atoms with Crippen molar-refractivity contribution in [3.05, 3.63) is 66.0 Å². The number of aliphatic hydroxyl groups is 1. The van der Waals surface area contributed by atoms with Gasteiger partial charge in [-0.25, -0.2) is 4.98 Å². The van der Waals surface area contributed by atoms with E-state index in [1.165, 1.54) is 0 Å². The van der Waals surface area contributed by atoms with Gasteiger partial charge in [0.15, 0.2) is 0 Å². The lowest BCUT2D eigenvalue weighted by atomic mass is 10.2. The van der Waals surface area contributed by atoms with E-state index in [0.29, 0.717) is 12.4 Å². The second kappa shape index (κ2) is 7.70. The summed E-state index contributed by atoms with van der Waals surface area (Å²) in [7, 11) is 0. The smallest absolute Gasteiger partial charge is 0.243 e.